The summed E-state index contributed by atoms with van der Waals surface area (Å²) < 4.78 is 15.9. The second-order valence-electron chi connectivity index (χ2n) is 11.7. The van der Waals surface area contributed by atoms with Gasteiger partial charge in [-0.15, -0.1) is 0 Å². The van der Waals surface area contributed by atoms with Gasteiger partial charge in [-0.25, -0.2) is 0 Å². The van der Waals surface area contributed by atoms with Gasteiger partial charge >= 0.3 is 0 Å². The van der Waals surface area contributed by atoms with Crippen LogP contribution >= 0.6 is 0 Å². The maximum absolute atomic E-state index is 11.5. The summed E-state index contributed by atoms with van der Waals surface area (Å²) in [5, 5.41) is 71.7. The van der Waals surface area contributed by atoms with Crippen molar-refractivity contribution in [2.75, 3.05) is 46.0 Å². The predicted octanol–water partition coefficient (Wildman–Crippen LogP) is -2.37. The molecular formula is C29H52N6O13. The maximum atomic E-state index is 11.5. The van der Waals surface area contributed by atoms with Gasteiger partial charge in [0, 0.05) is 50.8 Å². The molecule has 0 aromatic rings. The quantitative estimate of drug-likeness (QED) is 0.0161. The van der Waals surface area contributed by atoms with Crippen LogP contribution in [0.15, 0.2) is 22.2 Å². The number of hydrogen-bond acceptors (Lipinski definition) is 17. The van der Waals surface area contributed by atoms with Crippen molar-refractivity contribution >= 4 is 29.6 Å². The van der Waals surface area contributed by atoms with Crippen molar-refractivity contribution in [1.82, 2.24) is 15.4 Å². The van der Waals surface area contributed by atoms with Gasteiger partial charge in [-0.05, 0) is 32.1 Å². The Balaban J connectivity index is 0.000000495. The number of ether oxygens (including phenoxy) is 3. The van der Waals surface area contributed by atoms with Crippen molar-refractivity contribution in [3.8, 4) is 0 Å². The molecule has 0 aromatic carbocycles. The van der Waals surface area contributed by atoms with Gasteiger partial charge in [0.25, 0.3) is 11.8 Å². The fraction of sp³-hybridized carbons (Fsp3) is 0.759. The standard InChI is InChI=1S/C16H32N4O7.C13H20N2O6/c1-10(2)3-6-18-9-11(19-17)5-8-26-16-15(23)14(22)13(21)12(27-16)4-7-20(24)25;1-13(20,9-16)21-8-2-6-14-10(17)5-7-15-11(18)3-4-12(15)19/h9-10,12-16,21-25H,3-8,17H2,1-2H3;3-4,16,20H,2,5-9H2,1H3,(H,14,17)/b18-9?,19-11-;/t12-,13-,14?,15?,16+;/m1./s1. The van der Waals surface area contributed by atoms with Gasteiger partial charge in [-0.2, -0.15) is 5.10 Å². The van der Waals surface area contributed by atoms with Crippen molar-refractivity contribution in [1.29, 1.82) is 0 Å². The largest absolute Gasteiger partial charge is 0.391 e. The summed E-state index contributed by atoms with van der Waals surface area (Å²) >= 11 is 0. The van der Waals surface area contributed by atoms with Crippen molar-refractivity contribution in [2.24, 2.45) is 21.9 Å². The lowest BCUT2D eigenvalue weighted by Gasteiger charge is -2.40. The Bertz CT molecular complexity index is 1050. The lowest BCUT2D eigenvalue weighted by atomic mass is 9.97. The van der Waals surface area contributed by atoms with E-state index in [1.54, 1.807) is 6.21 Å². The number of carbonyl (C=O) groups is 3. The fourth-order valence-electron chi connectivity index (χ4n) is 4.07. The smallest absolute Gasteiger partial charge is 0.253 e. The average molecular weight is 693 g/mol. The second kappa shape index (κ2) is 22.6. The zero-order chi connectivity index (χ0) is 36.3. The van der Waals surface area contributed by atoms with E-state index in [1.165, 1.54) is 19.1 Å². The van der Waals surface area contributed by atoms with Crippen LogP contribution in [0, 0.1) is 5.92 Å². The molecule has 2 rings (SSSR count). The molecule has 0 radical (unpaired) electrons. The summed E-state index contributed by atoms with van der Waals surface area (Å²) in [5.41, 5.74) is 0.511. The van der Waals surface area contributed by atoms with Gasteiger partial charge in [-0.1, -0.05) is 19.1 Å². The van der Waals surface area contributed by atoms with Crippen LogP contribution < -0.4 is 11.2 Å². The first-order valence-electron chi connectivity index (χ1n) is 15.6. The number of aliphatic hydroxyl groups excluding tert-OH is 4. The molecule has 10 N–H and O–H groups in total. The minimum absolute atomic E-state index is 0.00975. The minimum Gasteiger partial charge on any atom is -0.391 e. The molecule has 0 aromatic heterocycles. The third-order valence-electron chi connectivity index (χ3n) is 6.98. The number of hydrogen-bond donors (Lipinski definition) is 9. The topological polar surface area (TPSA) is 290 Å². The number of amides is 3. The number of aliphatic hydroxyl groups is 5. The van der Waals surface area contributed by atoms with E-state index >= 15 is 0 Å². The summed E-state index contributed by atoms with van der Waals surface area (Å²) in [6.07, 6.45) is -0.742. The Kier molecular flexibility index (Phi) is 20.3. The molecule has 0 saturated carbocycles. The molecule has 2 heterocycles. The molecule has 19 nitrogen and oxygen atoms in total. The first kappa shape index (κ1) is 43.1. The van der Waals surface area contributed by atoms with Crippen LogP contribution in [0.2, 0.25) is 0 Å². The lowest BCUT2D eigenvalue weighted by molar-refractivity contribution is -0.323. The molecule has 2 aliphatic heterocycles. The Morgan fingerprint density at radius 1 is 1.15 bits per heavy atom. The zero-order valence-corrected chi connectivity index (χ0v) is 27.6. The number of rotatable bonds is 20. The molecule has 1 saturated heterocycles. The maximum Gasteiger partial charge on any atom is 0.253 e. The van der Waals surface area contributed by atoms with E-state index < -0.39 is 54.9 Å². The number of imide groups is 1. The van der Waals surface area contributed by atoms with E-state index in [9.17, 15) is 34.8 Å². The second-order valence-corrected chi connectivity index (χ2v) is 11.7. The highest BCUT2D eigenvalue weighted by molar-refractivity contribution is 6.30. The van der Waals surface area contributed by atoms with E-state index in [1.807, 2.05) is 0 Å². The normalized spacial score (nSPS) is 24.4. The molecule has 48 heavy (non-hydrogen) atoms. The van der Waals surface area contributed by atoms with Crippen molar-refractivity contribution in [3.05, 3.63) is 12.2 Å². The van der Waals surface area contributed by atoms with Gasteiger partial charge in [0.2, 0.25) is 5.91 Å². The number of aliphatic imine (C=N–C) groups is 1. The third kappa shape index (κ3) is 16.9. The third-order valence-corrected chi connectivity index (χ3v) is 6.98. The summed E-state index contributed by atoms with van der Waals surface area (Å²) in [5.74, 6) is 3.20. The Hall–Kier alpha value is -2.95. The number of nitrogens with one attached hydrogen (secondary N) is 1. The molecule has 3 unspecified atom stereocenters. The summed E-state index contributed by atoms with van der Waals surface area (Å²) in [7, 11) is 0. The number of hydroxylamine groups is 2. The van der Waals surface area contributed by atoms with Crippen molar-refractivity contribution in [3.63, 3.8) is 0 Å². The molecule has 2 aliphatic rings. The predicted molar refractivity (Wildman–Crippen MR) is 168 cm³/mol. The van der Waals surface area contributed by atoms with Crippen LogP contribution in [0.25, 0.3) is 0 Å². The number of nitrogens with zero attached hydrogens (tertiary/aromatic N) is 4. The molecule has 0 spiro atoms. The van der Waals surface area contributed by atoms with Gasteiger partial charge in [0.15, 0.2) is 12.1 Å². The SMILES string of the molecule is CC(C)CCN=C/C(CCO[C@H]1O[C@H](CCN(O)O)[C@@H](O)C(O)C1O)=N\N.CC(O)(CO)OCCCNC(=O)CCN1C(=O)C=CC1=O. The Labute approximate surface area is 279 Å². The molecule has 0 aliphatic carbocycles. The summed E-state index contributed by atoms with van der Waals surface area (Å²) in [6, 6.07) is 0. The highest BCUT2D eigenvalue weighted by atomic mass is 16.8. The van der Waals surface area contributed by atoms with Crippen LogP contribution in [0.4, 0.5) is 0 Å². The van der Waals surface area contributed by atoms with Gasteiger partial charge < -0.3 is 50.9 Å². The monoisotopic (exact) mass is 692 g/mol. The van der Waals surface area contributed by atoms with E-state index in [0.717, 1.165) is 11.3 Å². The van der Waals surface area contributed by atoms with Crippen LogP contribution in [-0.2, 0) is 28.6 Å². The fourth-order valence-corrected chi connectivity index (χ4v) is 4.07. The molecule has 1 fully saturated rings. The number of hydrazone groups is 1. The van der Waals surface area contributed by atoms with E-state index in [4.69, 9.17) is 35.6 Å². The summed E-state index contributed by atoms with van der Waals surface area (Å²) in [6.45, 7) is 6.15. The highest BCUT2D eigenvalue weighted by Gasteiger charge is 2.44. The Morgan fingerprint density at radius 3 is 2.40 bits per heavy atom. The van der Waals surface area contributed by atoms with Crippen LogP contribution in [0.5, 0.6) is 0 Å². The molecule has 276 valence electrons. The van der Waals surface area contributed by atoms with Gasteiger partial charge in [0.05, 0.1) is 38.2 Å². The lowest BCUT2D eigenvalue weighted by Crippen LogP contribution is -2.58. The van der Waals surface area contributed by atoms with Crippen molar-refractivity contribution < 1.29 is 64.5 Å². The number of nitrogens with two attached hydrogens (primary N) is 1. The summed E-state index contributed by atoms with van der Waals surface area (Å²) in [4.78, 5) is 39.3. The van der Waals surface area contributed by atoms with E-state index in [-0.39, 0.29) is 50.3 Å². The molecule has 3 amide bonds. The minimum atomic E-state index is -1.58. The Morgan fingerprint density at radius 2 is 1.81 bits per heavy atom. The molecular weight excluding hydrogens is 640 g/mol. The van der Waals surface area contributed by atoms with Crippen LogP contribution in [0.3, 0.4) is 0 Å². The first-order valence-corrected chi connectivity index (χ1v) is 15.6. The van der Waals surface area contributed by atoms with Crippen LogP contribution in [0.1, 0.15) is 52.9 Å². The number of carbonyl (C=O) groups excluding carboxylic acids is 3. The molecule has 0 bridgehead atoms. The molecule has 19 heteroatoms. The van der Waals surface area contributed by atoms with Gasteiger partial charge in [0.1, 0.15) is 18.3 Å². The average Bonchev–Trinajstić information content (AvgIpc) is 3.36. The van der Waals surface area contributed by atoms with Gasteiger partial charge in [-0.3, -0.25) is 34.7 Å². The van der Waals surface area contributed by atoms with Crippen molar-refractivity contribution in [2.45, 2.75) is 89.4 Å². The highest BCUT2D eigenvalue weighted by Crippen LogP contribution is 2.24. The van der Waals surface area contributed by atoms with E-state index in [0.29, 0.717) is 37.6 Å². The molecule has 6 atom stereocenters. The van der Waals surface area contributed by atoms with E-state index in [2.05, 4.69) is 29.3 Å². The first-order chi connectivity index (χ1) is 22.6. The van der Waals surface area contributed by atoms with Crippen LogP contribution in [-0.4, -0.2) is 158 Å². The zero-order valence-electron chi connectivity index (χ0n) is 27.6.